The van der Waals surface area contributed by atoms with E-state index < -0.39 is 12.1 Å². The van der Waals surface area contributed by atoms with Gasteiger partial charge >= 0.3 is 6.36 Å². The molecule has 0 bridgehead atoms. The molecule has 14 heavy (non-hydrogen) atoms. The summed E-state index contributed by atoms with van der Waals surface area (Å²) in [4.78, 5) is 3.49. The first-order valence-electron chi connectivity index (χ1n) is 3.24. The first-order chi connectivity index (χ1) is 6.42. The maximum absolute atomic E-state index is 11.7. The largest absolute Gasteiger partial charge is 0.573 e. The smallest absolute Gasteiger partial charge is 0.404 e. The number of aromatic nitrogens is 1. The lowest BCUT2D eigenvalue weighted by Gasteiger charge is -2.08. The van der Waals surface area contributed by atoms with E-state index in [-0.39, 0.29) is 5.69 Å². The third-order valence-corrected chi connectivity index (χ3v) is 1.98. The molecular formula is C7H2F3IN2O. The number of hydrogen-bond donors (Lipinski definition) is 0. The van der Waals surface area contributed by atoms with E-state index in [0.717, 1.165) is 12.3 Å². The Hall–Kier alpha value is -1.04. The summed E-state index contributed by atoms with van der Waals surface area (Å²) in [5, 5.41) is 8.46. The number of ether oxygens (including phenoxy) is 1. The fourth-order valence-electron chi connectivity index (χ4n) is 0.692. The molecule has 0 amide bonds. The second-order valence-corrected chi connectivity index (χ2v) is 3.32. The third kappa shape index (κ3) is 3.02. The molecule has 0 aliphatic heterocycles. The molecule has 0 aromatic carbocycles. The Morgan fingerprint density at radius 2 is 2.14 bits per heavy atom. The standard InChI is InChI=1S/C7H2F3IN2O/c8-7(9,10)14-4-1-5(11)6(2-12)13-3-4/h1,3H. The fourth-order valence-corrected chi connectivity index (χ4v) is 1.26. The van der Waals surface area contributed by atoms with Crippen molar-refractivity contribution >= 4 is 22.6 Å². The lowest BCUT2D eigenvalue weighted by atomic mass is 10.4. The monoisotopic (exact) mass is 314 g/mol. The Morgan fingerprint density at radius 3 is 2.57 bits per heavy atom. The molecule has 7 heteroatoms. The summed E-state index contributed by atoms with van der Waals surface area (Å²) >= 11 is 1.71. The van der Waals surface area contributed by atoms with Crippen molar-refractivity contribution in [3.8, 4) is 11.8 Å². The van der Waals surface area contributed by atoms with Gasteiger partial charge in [0.15, 0.2) is 5.69 Å². The van der Waals surface area contributed by atoms with Crippen molar-refractivity contribution in [1.82, 2.24) is 4.98 Å². The van der Waals surface area contributed by atoms with Crippen LogP contribution < -0.4 is 4.74 Å². The summed E-state index contributed by atoms with van der Waals surface area (Å²) in [5.41, 5.74) is 0.0696. The topological polar surface area (TPSA) is 45.9 Å². The highest BCUT2D eigenvalue weighted by atomic mass is 127. The van der Waals surface area contributed by atoms with Crippen molar-refractivity contribution in [2.45, 2.75) is 6.36 Å². The molecule has 0 saturated heterocycles. The summed E-state index contributed by atoms with van der Waals surface area (Å²) < 4.78 is 39.1. The van der Waals surface area contributed by atoms with Crippen molar-refractivity contribution in [3.05, 3.63) is 21.5 Å². The van der Waals surface area contributed by atoms with Gasteiger partial charge in [-0.25, -0.2) is 4.98 Å². The molecule has 0 unspecified atom stereocenters. The van der Waals surface area contributed by atoms with E-state index >= 15 is 0 Å². The predicted molar refractivity (Wildman–Crippen MR) is 48.4 cm³/mol. The number of rotatable bonds is 1. The molecule has 0 spiro atoms. The summed E-state index contributed by atoms with van der Waals surface area (Å²) in [6.07, 6.45) is -3.88. The van der Waals surface area contributed by atoms with Gasteiger partial charge in [-0.2, -0.15) is 5.26 Å². The van der Waals surface area contributed by atoms with Crippen molar-refractivity contribution < 1.29 is 17.9 Å². The van der Waals surface area contributed by atoms with Gasteiger partial charge in [-0.1, -0.05) is 0 Å². The van der Waals surface area contributed by atoms with E-state index in [0.29, 0.717) is 3.57 Å². The van der Waals surface area contributed by atoms with Gasteiger partial charge in [-0.15, -0.1) is 13.2 Å². The van der Waals surface area contributed by atoms with Crippen LogP contribution in [0.1, 0.15) is 5.69 Å². The minimum atomic E-state index is -4.74. The van der Waals surface area contributed by atoms with Crippen molar-refractivity contribution in [2.24, 2.45) is 0 Å². The van der Waals surface area contributed by atoms with Gasteiger partial charge in [0.2, 0.25) is 0 Å². The molecule has 3 nitrogen and oxygen atoms in total. The number of nitriles is 1. The van der Waals surface area contributed by atoms with Gasteiger partial charge in [-0.05, 0) is 28.7 Å². The molecule has 74 valence electrons. The molecular weight excluding hydrogens is 312 g/mol. The van der Waals surface area contributed by atoms with Gasteiger partial charge in [0, 0.05) is 0 Å². The molecule has 0 N–H and O–H groups in total. The van der Waals surface area contributed by atoms with Crippen LogP contribution in [-0.4, -0.2) is 11.3 Å². The zero-order valence-corrected chi connectivity index (χ0v) is 8.63. The minimum Gasteiger partial charge on any atom is -0.404 e. The van der Waals surface area contributed by atoms with Gasteiger partial charge in [0.1, 0.15) is 11.8 Å². The molecule has 0 aliphatic rings. The average Bonchev–Trinajstić information content (AvgIpc) is 2.01. The van der Waals surface area contributed by atoms with E-state index in [1.54, 1.807) is 28.7 Å². The van der Waals surface area contributed by atoms with Crippen LogP contribution in [-0.2, 0) is 0 Å². The van der Waals surface area contributed by atoms with Crippen LogP contribution in [0, 0.1) is 14.9 Å². The van der Waals surface area contributed by atoms with Gasteiger partial charge in [0.05, 0.1) is 9.77 Å². The highest BCUT2D eigenvalue weighted by molar-refractivity contribution is 14.1. The van der Waals surface area contributed by atoms with Crippen LogP contribution in [0.2, 0.25) is 0 Å². The number of nitrogens with zero attached hydrogens (tertiary/aromatic N) is 2. The first kappa shape index (κ1) is 11.0. The minimum absolute atomic E-state index is 0.0696. The van der Waals surface area contributed by atoms with E-state index in [9.17, 15) is 13.2 Å². The number of halogens is 4. The molecule has 0 saturated carbocycles. The Labute approximate surface area is 90.6 Å². The number of pyridine rings is 1. The van der Waals surface area contributed by atoms with Crippen molar-refractivity contribution in [2.75, 3.05) is 0 Å². The van der Waals surface area contributed by atoms with Gasteiger partial charge in [0.25, 0.3) is 0 Å². The zero-order chi connectivity index (χ0) is 10.8. The maximum Gasteiger partial charge on any atom is 0.573 e. The number of alkyl halides is 3. The Kier molecular flexibility index (Phi) is 3.15. The molecule has 0 atom stereocenters. The lowest BCUT2D eigenvalue weighted by Crippen LogP contribution is -2.17. The number of hydrogen-bond acceptors (Lipinski definition) is 3. The molecule has 1 rings (SSSR count). The van der Waals surface area contributed by atoms with Gasteiger partial charge < -0.3 is 4.74 Å². The quantitative estimate of drug-likeness (QED) is 0.748. The van der Waals surface area contributed by atoms with Crippen molar-refractivity contribution in [3.63, 3.8) is 0 Å². The summed E-state index contributed by atoms with van der Waals surface area (Å²) in [6, 6.07) is 2.83. The highest BCUT2D eigenvalue weighted by Crippen LogP contribution is 2.24. The molecule has 0 fully saturated rings. The van der Waals surface area contributed by atoms with Crippen LogP contribution in [0.15, 0.2) is 12.3 Å². The molecule has 1 heterocycles. The molecule has 0 aliphatic carbocycles. The summed E-state index contributed by atoms with van der Waals surface area (Å²) in [5.74, 6) is -0.430. The van der Waals surface area contributed by atoms with Crippen molar-refractivity contribution in [1.29, 1.82) is 5.26 Å². The molecule has 0 radical (unpaired) electrons. The second kappa shape index (κ2) is 4.00. The van der Waals surface area contributed by atoms with E-state index in [1.165, 1.54) is 0 Å². The predicted octanol–water partition coefficient (Wildman–Crippen LogP) is 2.46. The van der Waals surface area contributed by atoms with E-state index in [2.05, 4.69) is 9.72 Å². The second-order valence-electron chi connectivity index (χ2n) is 2.16. The van der Waals surface area contributed by atoms with E-state index in [1.807, 2.05) is 0 Å². The fraction of sp³-hybridized carbons (Fsp3) is 0.143. The van der Waals surface area contributed by atoms with Gasteiger partial charge in [-0.3, -0.25) is 0 Å². The van der Waals surface area contributed by atoms with Crippen LogP contribution >= 0.6 is 22.6 Å². The zero-order valence-electron chi connectivity index (χ0n) is 6.47. The SMILES string of the molecule is N#Cc1ncc(OC(F)(F)F)cc1I. The Balaban J connectivity index is 2.94. The normalized spacial score (nSPS) is 10.8. The average molecular weight is 314 g/mol. The maximum atomic E-state index is 11.7. The Morgan fingerprint density at radius 1 is 1.50 bits per heavy atom. The van der Waals surface area contributed by atoms with Crippen LogP contribution in [0.25, 0.3) is 0 Å². The molecule has 1 aromatic heterocycles. The molecule has 1 aromatic rings. The lowest BCUT2D eigenvalue weighted by molar-refractivity contribution is -0.274. The first-order valence-corrected chi connectivity index (χ1v) is 4.31. The third-order valence-electron chi connectivity index (χ3n) is 1.16. The van der Waals surface area contributed by atoms with Crippen LogP contribution in [0.3, 0.4) is 0 Å². The highest BCUT2D eigenvalue weighted by Gasteiger charge is 2.31. The van der Waals surface area contributed by atoms with Crippen LogP contribution in [0.4, 0.5) is 13.2 Å². The van der Waals surface area contributed by atoms with E-state index in [4.69, 9.17) is 5.26 Å². The summed E-state index contributed by atoms with van der Waals surface area (Å²) in [6.45, 7) is 0. The Bertz CT molecular complexity index is 386. The van der Waals surface area contributed by atoms with Crippen LogP contribution in [0.5, 0.6) is 5.75 Å². The summed E-state index contributed by atoms with van der Waals surface area (Å²) in [7, 11) is 0.